The predicted molar refractivity (Wildman–Crippen MR) is 100 cm³/mol. The van der Waals surface area contributed by atoms with Gasteiger partial charge < -0.3 is 14.6 Å². The number of carbonyl (C=O) groups excluding carboxylic acids is 2. The number of nitrogens with one attached hydrogen (secondary N) is 1. The number of hydrogen-bond acceptors (Lipinski definition) is 8. The minimum Gasteiger partial charge on any atom is -0.452 e. The van der Waals surface area contributed by atoms with Gasteiger partial charge in [0.1, 0.15) is 16.3 Å². The van der Waals surface area contributed by atoms with Gasteiger partial charge in [0.25, 0.3) is 5.91 Å². The van der Waals surface area contributed by atoms with Crippen LogP contribution in [-0.2, 0) is 15.3 Å². The molecule has 0 bridgehead atoms. The maximum atomic E-state index is 12.4. The van der Waals surface area contributed by atoms with Crippen LogP contribution in [0.1, 0.15) is 41.6 Å². The first-order valence-electron chi connectivity index (χ1n) is 8.80. The zero-order valence-corrected chi connectivity index (χ0v) is 16.4. The second-order valence-corrected chi connectivity index (χ2v) is 7.75. The van der Waals surface area contributed by atoms with E-state index in [1.807, 2.05) is 6.07 Å². The maximum absolute atomic E-state index is 12.4. The topological polar surface area (TPSA) is 118 Å². The molecule has 1 aliphatic rings. The van der Waals surface area contributed by atoms with Gasteiger partial charge in [-0.2, -0.15) is 5.26 Å². The lowest BCUT2D eigenvalue weighted by Gasteiger charge is -2.22. The fourth-order valence-corrected chi connectivity index (χ4v) is 3.57. The molecule has 1 N–H and O–H groups in total. The quantitative estimate of drug-likeness (QED) is 0.531. The molecule has 3 rings (SSSR count). The maximum Gasteiger partial charge on any atom is 0.341 e. The van der Waals surface area contributed by atoms with Crippen LogP contribution < -0.4 is 5.32 Å². The highest BCUT2D eigenvalue weighted by Gasteiger charge is 2.43. The number of thioether (sulfide) groups is 1. The monoisotopic (exact) mass is 400 g/mol. The fraction of sp³-hybridized carbons (Fsp3) is 0.421. The normalized spacial score (nSPS) is 15.3. The summed E-state index contributed by atoms with van der Waals surface area (Å²) < 4.78 is 10.2. The van der Waals surface area contributed by atoms with Crippen LogP contribution in [-0.4, -0.2) is 34.2 Å². The summed E-state index contributed by atoms with van der Waals surface area (Å²) in [5.74, 6) is 0.195. The lowest BCUT2D eigenvalue weighted by Crippen LogP contribution is -2.48. The lowest BCUT2D eigenvalue weighted by molar-refractivity contribution is -0.125. The molecular weight excluding hydrogens is 380 g/mol. The van der Waals surface area contributed by atoms with E-state index in [9.17, 15) is 14.9 Å². The third kappa shape index (κ3) is 4.89. The van der Waals surface area contributed by atoms with Crippen molar-refractivity contribution < 1.29 is 18.8 Å². The van der Waals surface area contributed by atoms with Gasteiger partial charge in [0, 0.05) is 18.0 Å². The summed E-state index contributed by atoms with van der Waals surface area (Å²) in [6.45, 7) is 3.03. The van der Waals surface area contributed by atoms with E-state index in [1.54, 1.807) is 32.2 Å². The van der Waals surface area contributed by atoms with Gasteiger partial charge >= 0.3 is 5.97 Å². The van der Waals surface area contributed by atoms with Crippen LogP contribution in [0.5, 0.6) is 0 Å². The molecule has 8 nitrogen and oxygen atoms in total. The van der Waals surface area contributed by atoms with E-state index in [0.717, 1.165) is 18.5 Å². The predicted octanol–water partition coefficient (Wildman–Crippen LogP) is 2.64. The Kier molecular flexibility index (Phi) is 5.99. The number of rotatable bonds is 8. The van der Waals surface area contributed by atoms with Gasteiger partial charge in [-0.15, -0.1) is 0 Å². The molecule has 1 amide bonds. The van der Waals surface area contributed by atoms with Crippen molar-refractivity contribution in [1.29, 1.82) is 5.26 Å². The average molecular weight is 400 g/mol. The summed E-state index contributed by atoms with van der Waals surface area (Å²) in [6, 6.07) is 7.16. The molecule has 1 atom stereocenters. The van der Waals surface area contributed by atoms with Crippen molar-refractivity contribution in [3.63, 3.8) is 0 Å². The summed E-state index contributed by atoms with van der Waals surface area (Å²) >= 11 is 1.32. The van der Waals surface area contributed by atoms with Crippen LogP contribution in [0.25, 0.3) is 0 Å². The molecule has 9 heteroatoms. The first-order chi connectivity index (χ1) is 13.4. The van der Waals surface area contributed by atoms with Crippen molar-refractivity contribution in [1.82, 2.24) is 15.5 Å². The van der Waals surface area contributed by atoms with Crippen LogP contribution in [0.15, 0.2) is 33.9 Å². The van der Waals surface area contributed by atoms with Crippen molar-refractivity contribution >= 4 is 23.6 Å². The molecule has 0 saturated heterocycles. The average Bonchev–Trinajstić information content (AvgIpc) is 3.47. The number of aromatic nitrogens is 2. The molecule has 0 aromatic carbocycles. The summed E-state index contributed by atoms with van der Waals surface area (Å²) in [5.41, 5.74) is 0.0857. The molecule has 28 heavy (non-hydrogen) atoms. The van der Waals surface area contributed by atoms with E-state index in [4.69, 9.17) is 9.26 Å². The molecule has 0 spiro atoms. The molecular formula is C19H20N4O4S. The van der Waals surface area contributed by atoms with Gasteiger partial charge in [-0.3, -0.25) is 4.79 Å². The molecule has 2 heterocycles. The van der Waals surface area contributed by atoms with Crippen LogP contribution in [0, 0.1) is 24.2 Å². The molecule has 2 aromatic rings. The molecule has 146 valence electrons. The Hall–Kier alpha value is -2.86. The largest absolute Gasteiger partial charge is 0.452 e. The molecule has 1 aliphatic carbocycles. The van der Waals surface area contributed by atoms with E-state index < -0.39 is 24.0 Å². The Balaban J connectivity index is 1.56. The summed E-state index contributed by atoms with van der Waals surface area (Å²) in [6.07, 6.45) is 3.39. The highest BCUT2D eigenvalue weighted by molar-refractivity contribution is 7.98. The van der Waals surface area contributed by atoms with E-state index in [-0.39, 0.29) is 11.5 Å². The zero-order valence-electron chi connectivity index (χ0n) is 15.6. The van der Waals surface area contributed by atoms with Gasteiger partial charge in [0.15, 0.2) is 6.61 Å². The summed E-state index contributed by atoms with van der Waals surface area (Å²) in [4.78, 5) is 28.7. The number of esters is 1. The highest BCUT2D eigenvalue weighted by atomic mass is 32.2. The Morgan fingerprint density at radius 2 is 2.29 bits per heavy atom. The van der Waals surface area contributed by atoms with E-state index in [2.05, 4.69) is 21.5 Å². The van der Waals surface area contributed by atoms with Crippen molar-refractivity contribution in [3.05, 3.63) is 41.4 Å². The second-order valence-electron chi connectivity index (χ2n) is 6.79. The third-order valence-electron chi connectivity index (χ3n) is 4.38. The Morgan fingerprint density at radius 3 is 2.93 bits per heavy atom. The molecule has 0 aliphatic heterocycles. The molecule has 1 saturated carbocycles. The number of pyridine rings is 1. The number of aryl methyl sites for hydroxylation is 1. The minimum absolute atomic E-state index is 0.152. The lowest BCUT2D eigenvalue weighted by atomic mass is 9.98. The minimum atomic E-state index is -0.922. The van der Waals surface area contributed by atoms with Crippen LogP contribution >= 0.6 is 11.8 Å². The smallest absolute Gasteiger partial charge is 0.341 e. The molecule has 2 aromatic heterocycles. The van der Waals surface area contributed by atoms with E-state index in [0.29, 0.717) is 16.5 Å². The Morgan fingerprint density at radius 1 is 1.50 bits per heavy atom. The van der Waals surface area contributed by atoms with Crippen LogP contribution in [0.4, 0.5) is 0 Å². The van der Waals surface area contributed by atoms with Crippen LogP contribution in [0.3, 0.4) is 0 Å². The number of nitriles is 1. The van der Waals surface area contributed by atoms with Gasteiger partial charge in [-0.1, -0.05) is 16.9 Å². The number of hydrogen-bond donors (Lipinski definition) is 1. The Labute approximate surface area is 166 Å². The van der Waals surface area contributed by atoms with E-state index >= 15 is 0 Å². The van der Waals surface area contributed by atoms with Gasteiger partial charge in [0.05, 0.1) is 17.3 Å². The number of nitrogens with zero attached hydrogens (tertiary/aromatic N) is 3. The number of carbonyl (C=O) groups is 2. The van der Waals surface area contributed by atoms with Crippen molar-refractivity contribution in [2.45, 2.75) is 43.0 Å². The Bertz CT molecular complexity index is 919. The summed E-state index contributed by atoms with van der Waals surface area (Å²) in [7, 11) is 0. The first kappa shape index (κ1) is 19.9. The highest BCUT2D eigenvalue weighted by Crippen LogP contribution is 2.39. The standard InChI is InChI=1S/C19H20N4O4S/c1-12-8-14(23-27-12)10-28-17-15(4-3-7-21-17)18(25)26-9-16(24)22-19(2,11-20)13-5-6-13/h3-4,7-8,13H,5-6,9-10H2,1-2H3,(H,22,24)/t19-/m1/s1. The van der Waals surface area contributed by atoms with Gasteiger partial charge in [-0.05, 0) is 44.7 Å². The summed E-state index contributed by atoms with van der Waals surface area (Å²) in [5, 5.41) is 16.3. The molecule has 0 radical (unpaired) electrons. The zero-order chi connectivity index (χ0) is 20.1. The van der Waals surface area contributed by atoms with Crippen molar-refractivity contribution in [3.8, 4) is 6.07 Å². The third-order valence-corrected chi connectivity index (χ3v) is 5.42. The van der Waals surface area contributed by atoms with E-state index in [1.165, 1.54) is 11.8 Å². The van der Waals surface area contributed by atoms with Gasteiger partial charge in [0.2, 0.25) is 0 Å². The van der Waals surface area contributed by atoms with Crippen LogP contribution in [0.2, 0.25) is 0 Å². The van der Waals surface area contributed by atoms with Crippen molar-refractivity contribution in [2.24, 2.45) is 5.92 Å². The van der Waals surface area contributed by atoms with Gasteiger partial charge in [-0.25, -0.2) is 9.78 Å². The molecule has 1 fully saturated rings. The molecule has 0 unspecified atom stereocenters. The first-order valence-corrected chi connectivity index (χ1v) is 9.79. The number of ether oxygens (including phenoxy) is 1. The second kappa shape index (κ2) is 8.44. The fourth-order valence-electron chi connectivity index (χ4n) is 2.71. The van der Waals surface area contributed by atoms with Crippen molar-refractivity contribution in [2.75, 3.05) is 6.61 Å². The SMILES string of the molecule is Cc1cc(CSc2ncccc2C(=O)OCC(=O)N[C@](C)(C#N)C2CC2)no1. The number of amides is 1.